The van der Waals surface area contributed by atoms with Crippen LogP contribution in [0.5, 0.6) is 0 Å². The predicted octanol–water partition coefficient (Wildman–Crippen LogP) is -4.30. The van der Waals surface area contributed by atoms with Crippen molar-refractivity contribution in [3.05, 3.63) is 0 Å². The Hall–Kier alpha value is -2.60. The summed E-state index contributed by atoms with van der Waals surface area (Å²) in [5, 5.41) is 53.2. The quantitative estimate of drug-likeness (QED) is 0.0281. The van der Waals surface area contributed by atoms with Crippen LogP contribution in [0.1, 0.15) is 57.8 Å². The highest BCUT2D eigenvalue weighted by molar-refractivity contribution is 5.77. The molecule has 5 atom stereocenters. The summed E-state index contributed by atoms with van der Waals surface area (Å²) in [4.78, 5) is 48.5. The van der Waals surface area contributed by atoms with Crippen LogP contribution in [-0.2, 0) is 42.9 Å². The molecule has 0 bridgehead atoms. The molecule has 316 valence electrons. The molecule has 13 N–H and O–H groups in total. The first-order chi connectivity index (χ1) is 26.0. The van der Waals surface area contributed by atoms with Crippen molar-refractivity contribution in [2.75, 3.05) is 99.2 Å². The van der Waals surface area contributed by atoms with Crippen molar-refractivity contribution in [2.45, 2.75) is 94.0 Å². The molecule has 1 heterocycles. The number of nitrogens with two attached hydrogens (primary N) is 2. The Bertz CT molecular complexity index is 1000. The first-order valence-corrected chi connectivity index (χ1v) is 18.8. The molecular formula is C34H67N7O13. The lowest BCUT2D eigenvalue weighted by atomic mass is 9.99. The largest absolute Gasteiger partial charge is 0.394 e. The van der Waals surface area contributed by atoms with E-state index in [1.54, 1.807) is 7.05 Å². The topological polar surface area (TPSA) is 308 Å². The summed E-state index contributed by atoms with van der Waals surface area (Å²) in [5.41, 5.74) is 10.1. The maximum atomic E-state index is 12.4. The predicted molar refractivity (Wildman–Crippen MR) is 196 cm³/mol. The molecule has 0 aromatic rings. The van der Waals surface area contributed by atoms with E-state index in [2.05, 4.69) is 26.6 Å². The molecule has 0 aromatic carbocycles. The molecule has 20 nitrogen and oxygen atoms in total. The van der Waals surface area contributed by atoms with Gasteiger partial charge >= 0.3 is 0 Å². The van der Waals surface area contributed by atoms with Crippen LogP contribution in [0.25, 0.3) is 0 Å². The average Bonchev–Trinajstić information content (AvgIpc) is 3.16. The van der Waals surface area contributed by atoms with Gasteiger partial charge in [-0.05, 0) is 52.2 Å². The fourth-order valence-corrected chi connectivity index (χ4v) is 4.99. The van der Waals surface area contributed by atoms with Crippen molar-refractivity contribution in [1.82, 2.24) is 26.6 Å². The number of ether oxygens (including phenoxy) is 5. The highest BCUT2D eigenvalue weighted by Crippen LogP contribution is 2.22. The van der Waals surface area contributed by atoms with E-state index < -0.39 is 42.9 Å². The molecule has 20 heteroatoms. The van der Waals surface area contributed by atoms with Crippen molar-refractivity contribution in [3.63, 3.8) is 0 Å². The van der Waals surface area contributed by atoms with Gasteiger partial charge in [0.1, 0.15) is 24.4 Å². The Morgan fingerprint density at radius 1 is 0.611 bits per heavy atom. The SMILES string of the molecule is CNC(COCCC(=O)NCCCN)(COCCC(=O)NCCCN)COCCC(=O)NCCCNC(=O)CCCCO[C@H]1OC(CO)[C@@H](O)C(O)C1O. The zero-order valence-corrected chi connectivity index (χ0v) is 31.8. The van der Waals surface area contributed by atoms with Crippen LogP contribution in [0, 0.1) is 0 Å². The van der Waals surface area contributed by atoms with Gasteiger partial charge in [-0.1, -0.05) is 0 Å². The number of likely N-dealkylation sites (N-methyl/N-ethyl adjacent to an activating group) is 1. The zero-order valence-electron chi connectivity index (χ0n) is 31.8. The number of unbranched alkanes of at least 4 members (excludes halogenated alkanes) is 1. The second-order valence-electron chi connectivity index (χ2n) is 13.0. The van der Waals surface area contributed by atoms with Crippen molar-refractivity contribution < 1.29 is 63.3 Å². The van der Waals surface area contributed by atoms with Crippen LogP contribution in [0.4, 0.5) is 0 Å². The maximum absolute atomic E-state index is 12.4. The fraction of sp³-hybridized carbons (Fsp3) is 0.882. The van der Waals surface area contributed by atoms with Gasteiger partial charge in [-0.3, -0.25) is 19.2 Å². The molecule has 54 heavy (non-hydrogen) atoms. The average molecular weight is 782 g/mol. The fourth-order valence-electron chi connectivity index (χ4n) is 4.99. The maximum Gasteiger partial charge on any atom is 0.222 e. The van der Waals surface area contributed by atoms with Gasteiger partial charge < -0.3 is 82.2 Å². The minimum absolute atomic E-state index is 0.102. The van der Waals surface area contributed by atoms with Gasteiger partial charge in [0.05, 0.1) is 51.8 Å². The summed E-state index contributed by atoms with van der Waals surface area (Å²) < 4.78 is 28.1. The number of aliphatic hydroxyl groups is 4. The number of hydrogen-bond acceptors (Lipinski definition) is 16. The first-order valence-electron chi connectivity index (χ1n) is 18.8. The van der Waals surface area contributed by atoms with Gasteiger partial charge in [-0.2, -0.15) is 0 Å². The molecule has 1 aliphatic rings. The van der Waals surface area contributed by atoms with Gasteiger partial charge in [0.2, 0.25) is 23.6 Å². The highest BCUT2D eigenvalue weighted by Gasteiger charge is 2.44. The van der Waals surface area contributed by atoms with Crippen LogP contribution >= 0.6 is 0 Å². The van der Waals surface area contributed by atoms with E-state index in [4.69, 9.17) is 35.2 Å². The van der Waals surface area contributed by atoms with E-state index in [-0.39, 0.29) is 95.6 Å². The normalized spacial score (nSPS) is 20.0. The standard InChI is InChI=1S/C34H67N7O13/c1-37-34(22-50-18-8-27(44)38-13-4-11-35,23-51-19-9-28(45)39-14-5-12-36)24-52-20-10-29(46)41-16-6-15-40-26(43)7-2-3-17-53-33-32(49)31(48)30(47)25(21-42)54-33/h25,30-33,37,42,47-49H,2-24,35-36H2,1H3,(H,38,44)(H,39,45)(H,40,43)(H,41,46)/t25?,30-,31?,32?,33+/m1/s1. The summed E-state index contributed by atoms with van der Waals surface area (Å²) >= 11 is 0. The molecule has 1 aliphatic heterocycles. The summed E-state index contributed by atoms with van der Waals surface area (Å²) in [6.07, 6.45) is -3.15. The van der Waals surface area contributed by atoms with Crippen molar-refractivity contribution in [2.24, 2.45) is 11.5 Å². The van der Waals surface area contributed by atoms with Gasteiger partial charge in [0.25, 0.3) is 0 Å². The lowest BCUT2D eigenvalue weighted by Crippen LogP contribution is -2.59. The van der Waals surface area contributed by atoms with E-state index in [1.165, 1.54) is 0 Å². The molecule has 1 fully saturated rings. The Morgan fingerprint density at radius 2 is 1.06 bits per heavy atom. The molecule has 0 spiro atoms. The first kappa shape index (κ1) is 49.4. The number of carbonyl (C=O) groups excluding carboxylic acids is 4. The summed E-state index contributed by atoms with van der Waals surface area (Å²) in [5.74, 6) is -0.669. The van der Waals surface area contributed by atoms with E-state index in [0.29, 0.717) is 71.4 Å². The van der Waals surface area contributed by atoms with Crippen LogP contribution < -0.4 is 38.1 Å². The van der Waals surface area contributed by atoms with Crippen molar-refractivity contribution >= 4 is 23.6 Å². The molecule has 1 saturated heterocycles. The third-order valence-electron chi connectivity index (χ3n) is 8.42. The Morgan fingerprint density at radius 3 is 1.48 bits per heavy atom. The van der Waals surface area contributed by atoms with E-state index in [0.717, 1.165) is 0 Å². The molecule has 4 amide bonds. The van der Waals surface area contributed by atoms with Crippen molar-refractivity contribution in [3.8, 4) is 0 Å². The number of nitrogens with one attached hydrogen (secondary N) is 5. The second kappa shape index (κ2) is 30.6. The minimum atomic E-state index is -1.51. The molecule has 3 unspecified atom stereocenters. The Balaban J connectivity index is 2.31. The van der Waals surface area contributed by atoms with Crippen LogP contribution in [0.3, 0.4) is 0 Å². The van der Waals surface area contributed by atoms with Gasteiger partial charge in [-0.25, -0.2) is 0 Å². The summed E-state index contributed by atoms with van der Waals surface area (Å²) in [6.45, 7) is 3.19. The summed E-state index contributed by atoms with van der Waals surface area (Å²) in [6, 6.07) is 0. The smallest absolute Gasteiger partial charge is 0.222 e. The highest BCUT2D eigenvalue weighted by atomic mass is 16.7. The van der Waals surface area contributed by atoms with E-state index in [9.17, 15) is 39.6 Å². The number of amides is 4. The van der Waals surface area contributed by atoms with Gasteiger partial charge in [0.15, 0.2) is 6.29 Å². The number of hydrogen-bond donors (Lipinski definition) is 11. The molecular weight excluding hydrogens is 714 g/mol. The number of aliphatic hydroxyl groups excluding tert-OH is 4. The van der Waals surface area contributed by atoms with Crippen LogP contribution in [0.2, 0.25) is 0 Å². The number of rotatable bonds is 33. The third kappa shape index (κ3) is 22.1. The second-order valence-corrected chi connectivity index (χ2v) is 13.0. The van der Waals surface area contributed by atoms with Crippen molar-refractivity contribution in [1.29, 1.82) is 0 Å². The summed E-state index contributed by atoms with van der Waals surface area (Å²) in [7, 11) is 1.73. The Labute approximate surface area is 318 Å². The lowest BCUT2D eigenvalue weighted by molar-refractivity contribution is -0.301. The Kier molecular flexibility index (Phi) is 28.0. The zero-order chi connectivity index (χ0) is 40.0. The third-order valence-corrected chi connectivity index (χ3v) is 8.42. The monoisotopic (exact) mass is 781 g/mol. The van der Waals surface area contributed by atoms with Crippen LogP contribution in [0.15, 0.2) is 0 Å². The van der Waals surface area contributed by atoms with Crippen LogP contribution in [-0.4, -0.2) is 179 Å². The van der Waals surface area contributed by atoms with E-state index in [1.807, 2.05) is 0 Å². The number of carbonyl (C=O) groups is 4. The molecule has 1 rings (SSSR count). The minimum Gasteiger partial charge on any atom is -0.394 e. The van der Waals surface area contributed by atoms with Gasteiger partial charge in [0, 0.05) is 58.5 Å². The molecule has 0 saturated carbocycles. The molecule has 0 aliphatic carbocycles. The lowest BCUT2D eigenvalue weighted by Gasteiger charge is -2.39. The van der Waals surface area contributed by atoms with Gasteiger partial charge in [-0.15, -0.1) is 0 Å². The molecule has 0 radical (unpaired) electrons. The molecule has 0 aromatic heterocycles. The van der Waals surface area contributed by atoms with E-state index >= 15 is 0 Å².